The van der Waals surface area contributed by atoms with Crippen LogP contribution in [0.5, 0.6) is 5.75 Å². The number of aromatic nitrogens is 1. The summed E-state index contributed by atoms with van der Waals surface area (Å²) in [5, 5.41) is 10.0. The Balaban J connectivity index is 1.81. The van der Waals surface area contributed by atoms with Gasteiger partial charge >= 0.3 is 0 Å². The zero-order valence-electron chi connectivity index (χ0n) is 11.6. The Hall–Kier alpha value is -1.78. The third-order valence-corrected chi connectivity index (χ3v) is 3.91. The Bertz CT molecular complexity index is 553. The SMILES string of the molecule is COc1cccc(C2CC(O)CN2Cc2cc[nH]c2)c1. The molecule has 20 heavy (non-hydrogen) atoms. The zero-order chi connectivity index (χ0) is 13.9. The Morgan fingerprint density at radius 3 is 3.05 bits per heavy atom. The fraction of sp³-hybridized carbons (Fsp3) is 0.375. The quantitative estimate of drug-likeness (QED) is 0.898. The van der Waals surface area contributed by atoms with Crippen molar-refractivity contribution < 1.29 is 9.84 Å². The lowest BCUT2D eigenvalue weighted by molar-refractivity contribution is 0.172. The Kier molecular flexibility index (Phi) is 3.76. The third kappa shape index (κ3) is 2.71. The molecule has 2 aromatic rings. The average Bonchev–Trinajstić information content (AvgIpc) is 3.09. The highest BCUT2D eigenvalue weighted by molar-refractivity contribution is 5.31. The first-order valence-corrected chi connectivity index (χ1v) is 6.94. The number of likely N-dealkylation sites (tertiary alicyclic amines) is 1. The molecule has 0 amide bonds. The molecule has 4 heteroatoms. The van der Waals surface area contributed by atoms with E-state index in [4.69, 9.17) is 4.74 Å². The number of hydrogen-bond acceptors (Lipinski definition) is 3. The van der Waals surface area contributed by atoms with Gasteiger partial charge in [0.1, 0.15) is 5.75 Å². The van der Waals surface area contributed by atoms with Crippen LogP contribution in [-0.2, 0) is 6.54 Å². The van der Waals surface area contributed by atoms with E-state index < -0.39 is 0 Å². The summed E-state index contributed by atoms with van der Waals surface area (Å²) in [6.07, 6.45) is 4.46. The lowest BCUT2D eigenvalue weighted by atomic mass is 10.0. The van der Waals surface area contributed by atoms with Crippen LogP contribution in [0.25, 0.3) is 0 Å². The van der Waals surface area contributed by atoms with E-state index in [0.717, 1.165) is 18.7 Å². The fourth-order valence-corrected chi connectivity index (χ4v) is 2.94. The molecule has 2 N–H and O–H groups in total. The van der Waals surface area contributed by atoms with Gasteiger partial charge in [-0.3, -0.25) is 4.90 Å². The monoisotopic (exact) mass is 272 g/mol. The van der Waals surface area contributed by atoms with Gasteiger partial charge in [-0.05, 0) is 35.7 Å². The van der Waals surface area contributed by atoms with Gasteiger partial charge in [-0.15, -0.1) is 0 Å². The summed E-state index contributed by atoms with van der Waals surface area (Å²) in [7, 11) is 1.68. The molecule has 2 unspecified atom stereocenters. The van der Waals surface area contributed by atoms with Crippen LogP contribution in [0, 0.1) is 0 Å². The minimum atomic E-state index is -0.259. The Labute approximate surface area is 119 Å². The normalized spacial score (nSPS) is 23.1. The van der Waals surface area contributed by atoms with Crippen molar-refractivity contribution in [3.05, 3.63) is 53.9 Å². The first kappa shape index (κ1) is 13.2. The van der Waals surface area contributed by atoms with E-state index in [-0.39, 0.29) is 12.1 Å². The summed E-state index contributed by atoms with van der Waals surface area (Å²) >= 11 is 0. The van der Waals surface area contributed by atoms with Crippen LogP contribution < -0.4 is 4.74 Å². The van der Waals surface area contributed by atoms with E-state index in [0.29, 0.717) is 6.54 Å². The number of nitrogens with zero attached hydrogens (tertiary/aromatic N) is 1. The number of methoxy groups -OCH3 is 1. The molecular weight excluding hydrogens is 252 g/mol. The molecule has 1 aliphatic heterocycles. The van der Waals surface area contributed by atoms with Crippen molar-refractivity contribution >= 4 is 0 Å². The third-order valence-electron chi connectivity index (χ3n) is 3.91. The van der Waals surface area contributed by atoms with Crippen LogP contribution in [0.15, 0.2) is 42.7 Å². The van der Waals surface area contributed by atoms with E-state index >= 15 is 0 Å². The van der Waals surface area contributed by atoms with Gasteiger partial charge in [0.15, 0.2) is 0 Å². The molecule has 4 nitrogen and oxygen atoms in total. The highest BCUT2D eigenvalue weighted by atomic mass is 16.5. The molecule has 0 radical (unpaired) electrons. The Morgan fingerprint density at radius 1 is 1.40 bits per heavy atom. The first-order valence-electron chi connectivity index (χ1n) is 6.94. The molecule has 3 rings (SSSR count). The summed E-state index contributed by atoms with van der Waals surface area (Å²) in [6, 6.07) is 10.4. The predicted octanol–water partition coefficient (Wildman–Crippen LogP) is 2.33. The summed E-state index contributed by atoms with van der Waals surface area (Å²) in [5.41, 5.74) is 2.45. The molecule has 2 atom stereocenters. The van der Waals surface area contributed by atoms with Crippen molar-refractivity contribution in [2.45, 2.75) is 25.1 Å². The summed E-state index contributed by atoms with van der Waals surface area (Å²) in [5.74, 6) is 0.866. The van der Waals surface area contributed by atoms with Crippen LogP contribution in [0.4, 0.5) is 0 Å². The summed E-state index contributed by atoms with van der Waals surface area (Å²) in [4.78, 5) is 5.40. The molecule has 0 bridgehead atoms. The van der Waals surface area contributed by atoms with Gasteiger partial charge < -0.3 is 14.8 Å². The molecule has 1 aromatic carbocycles. The summed E-state index contributed by atoms with van der Waals surface area (Å²) < 4.78 is 5.30. The number of H-pyrrole nitrogens is 1. The highest BCUT2D eigenvalue weighted by Gasteiger charge is 2.32. The van der Waals surface area contributed by atoms with Gasteiger partial charge in [0.25, 0.3) is 0 Å². The van der Waals surface area contributed by atoms with Crippen molar-refractivity contribution in [2.75, 3.05) is 13.7 Å². The number of ether oxygens (including phenoxy) is 1. The number of β-amino-alcohol motifs (C(OH)–C–C–N with tert-alkyl or cyclic N) is 1. The van der Waals surface area contributed by atoms with Crippen molar-refractivity contribution in [2.24, 2.45) is 0 Å². The smallest absolute Gasteiger partial charge is 0.119 e. The van der Waals surface area contributed by atoms with Crippen molar-refractivity contribution in [3.63, 3.8) is 0 Å². The second-order valence-corrected chi connectivity index (χ2v) is 5.33. The second kappa shape index (κ2) is 5.69. The predicted molar refractivity (Wildman–Crippen MR) is 77.6 cm³/mol. The topological polar surface area (TPSA) is 48.5 Å². The molecule has 1 aliphatic rings. The molecule has 2 heterocycles. The molecule has 106 valence electrons. The van der Waals surface area contributed by atoms with E-state index in [2.05, 4.69) is 28.1 Å². The van der Waals surface area contributed by atoms with E-state index in [9.17, 15) is 5.11 Å². The zero-order valence-corrected chi connectivity index (χ0v) is 11.6. The molecule has 0 spiro atoms. The number of benzene rings is 1. The molecule has 0 aliphatic carbocycles. The molecule has 0 saturated carbocycles. The average molecular weight is 272 g/mol. The van der Waals surface area contributed by atoms with Gasteiger partial charge in [0.05, 0.1) is 13.2 Å². The van der Waals surface area contributed by atoms with E-state index in [1.165, 1.54) is 11.1 Å². The number of aliphatic hydroxyl groups is 1. The highest BCUT2D eigenvalue weighted by Crippen LogP contribution is 2.34. The maximum atomic E-state index is 10.0. The summed E-state index contributed by atoms with van der Waals surface area (Å²) in [6.45, 7) is 1.56. The minimum Gasteiger partial charge on any atom is -0.497 e. The molecule has 1 aromatic heterocycles. The van der Waals surface area contributed by atoms with Gasteiger partial charge in [0, 0.05) is 31.5 Å². The van der Waals surface area contributed by atoms with E-state index in [1.807, 2.05) is 24.5 Å². The van der Waals surface area contributed by atoms with Crippen LogP contribution in [0.3, 0.4) is 0 Å². The maximum Gasteiger partial charge on any atom is 0.119 e. The van der Waals surface area contributed by atoms with Crippen LogP contribution in [-0.4, -0.2) is 34.7 Å². The molecule has 1 fully saturated rings. The number of aromatic amines is 1. The lowest BCUT2D eigenvalue weighted by Gasteiger charge is -2.24. The Morgan fingerprint density at radius 2 is 2.30 bits per heavy atom. The van der Waals surface area contributed by atoms with Gasteiger partial charge in [-0.1, -0.05) is 12.1 Å². The number of nitrogens with one attached hydrogen (secondary N) is 1. The van der Waals surface area contributed by atoms with E-state index in [1.54, 1.807) is 7.11 Å². The van der Waals surface area contributed by atoms with Gasteiger partial charge in [-0.25, -0.2) is 0 Å². The number of hydrogen-bond donors (Lipinski definition) is 2. The van der Waals surface area contributed by atoms with Crippen LogP contribution >= 0.6 is 0 Å². The number of rotatable bonds is 4. The number of aliphatic hydroxyl groups excluding tert-OH is 1. The standard InChI is InChI=1S/C16H20N2O2/c1-20-15-4-2-3-13(7-15)16-8-14(19)11-18(16)10-12-5-6-17-9-12/h2-7,9,14,16-17,19H,8,10-11H2,1H3. The minimum absolute atomic E-state index is 0.245. The lowest BCUT2D eigenvalue weighted by Crippen LogP contribution is -2.24. The van der Waals surface area contributed by atoms with Gasteiger partial charge in [0.2, 0.25) is 0 Å². The van der Waals surface area contributed by atoms with Crippen LogP contribution in [0.1, 0.15) is 23.6 Å². The fourth-order valence-electron chi connectivity index (χ4n) is 2.94. The van der Waals surface area contributed by atoms with Crippen molar-refractivity contribution in [3.8, 4) is 5.75 Å². The van der Waals surface area contributed by atoms with Crippen molar-refractivity contribution in [1.82, 2.24) is 9.88 Å². The van der Waals surface area contributed by atoms with Crippen LogP contribution in [0.2, 0.25) is 0 Å². The van der Waals surface area contributed by atoms with Gasteiger partial charge in [-0.2, -0.15) is 0 Å². The van der Waals surface area contributed by atoms with Crippen molar-refractivity contribution in [1.29, 1.82) is 0 Å². The largest absolute Gasteiger partial charge is 0.497 e. The first-order chi connectivity index (χ1) is 9.76. The maximum absolute atomic E-state index is 10.0. The molecule has 1 saturated heterocycles. The second-order valence-electron chi connectivity index (χ2n) is 5.33. The molecular formula is C16H20N2O2.